The van der Waals surface area contributed by atoms with Crippen LogP contribution in [0, 0.1) is 5.92 Å². The highest BCUT2D eigenvalue weighted by Crippen LogP contribution is 2.24. The molecule has 0 saturated carbocycles. The maximum atomic E-state index is 13.0. The van der Waals surface area contributed by atoms with E-state index in [1.807, 2.05) is 0 Å². The average Bonchev–Trinajstić information content (AvgIpc) is 2.00. The maximum absolute atomic E-state index is 13.0. The monoisotopic (exact) mass is 173 g/mol. The Hall–Kier alpha value is -1.12. The normalized spacial score (nSPS) is 12.8. The van der Waals surface area contributed by atoms with E-state index in [2.05, 4.69) is 13.2 Å². The summed E-state index contributed by atoms with van der Waals surface area (Å²) < 4.78 is 25.7. The van der Waals surface area contributed by atoms with Gasteiger partial charge in [0.15, 0.2) is 11.7 Å². The molecule has 68 valence electrons. The van der Waals surface area contributed by atoms with E-state index in [9.17, 15) is 8.78 Å². The Morgan fingerprint density at radius 1 is 1.17 bits per heavy atom. The van der Waals surface area contributed by atoms with Crippen LogP contribution >= 0.6 is 0 Å². The molecule has 0 radical (unpaired) electrons. The highest BCUT2D eigenvalue weighted by atomic mass is 19.2. The predicted octanol–water partition coefficient (Wildman–Crippen LogP) is 2.82. The van der Waals surface area contributed by atoms with E-state index >= 15 is 0 Å². The number of hydrogen-bond donors (Lipinski definition) is 1. The van der Waals surface area contributed by atoms with Gasteiger partial charge in [0.1, 0.15) is 0 Å². The van der Waals surface area contributed by atoms with Crippen LogP contribution in [0.4, 0.5) is 8.78 Å². The molecule has 0 aliphatic heterocycles. The second-order valence-electron chi connectivity index (χ2n) is 2.83. The molecule has 0 atom stereocenters. The minimum atomic E-state index is -1.12. The lowest BCUT2D eigenvalue weighted by Crippen LogP contribution is -2.01. The lowest BCUT2D eigenvalue weighted by Gasteiger charge is -2.07. The first-order valence-corrected chi connectivity index (χ1v) is 3.57. The van der Waals surface area contributed by atoms with Gasteiger partial charge in [0, 0.05) is 0 Å². The van der Waals surface area contributed by atoms with Gasteiger partial charge in [-0.05, 0) is 11.5 Å². The van der Waals surface area contributed by atoms with Crippen molar-refractivity contribution >= 4 is 0 Å². The van der Waals surface area contributed by atoms with Gasteiger partial charge in [-0.3, -0.25) is 0 Å². The first-order chi connectivity index (χ1) is 5.37. The molecule has 0 aliphatic rings. The summed E-state index contributed by atoms with van der Waals surface area (Å²) in [5, 5.41) is 0. The van der Waals surface area contributed by atoms with Gasteiger partial charge in [-0.15, -0.1) is 0 Å². The van der Waals surface area contributed by atoms with Crippen molar-refractivity contribution in [2.45, 2.75) is 13.8 Å². The molecule has 0 heterocycles. The highest BCUT2D eigenvalue weighted by molar-refractivity contribution is 5.34. The Morgan fingerprint density at radius 3 is 1.83 bits per heavy atom. The SMILES string of the molecule is C=C(N)/C(F)=C(/F)C(=C)C(C)C. The zero-order valence-corrected chi connectivity index (χ0v) is 7.32. The molecule has 0 spiro atoms. The Bertz CT molecular complexity index is 239. The molecule has 0 amide bonds. The lowest BCUT2D eigenvalue weighted by atomic mass is 10.0. The highest BCUT2D eigenvalue weighted by Gasteiger charge is 2.13. The van der Waals surface area contributed by atoms with Crippen LogP contribution in [0.3, 0.4) is 0 Å². The summed E-state index contributed by atoms with van der Waals surface area (Å²) in [4.78, 5) is 0. The topological polar surface area (TPSA) is 26.0 Å². The molecule has 0 bridgehead atoms. The predicted molar refractivity (Wildman–Crippen MR) is 46.5 cm³/mol. The summed E-state index contributed by atoms with van der Waals surface area (Å²) in [6.45, 7) is 9.90. The Labute approximate surface area is 71.3 Å². The van der Waals surface area contributed by atoms with Gasteiger partial charge < -0.3 is 5.73 Å². The third-order valence-corrected chi connectivity index (χ3v) is 1.45. The summed E-state index contributed by atoms with van der Waals surface area (Å²) in [6.07, 6.45) is 0. The van der Waals surface area contributed by atoms with Crippen molar-refractivity contribution in [1.82, 2.24) is 0 Å². The molecule has 0 rings (SSSR count). The number of halogens is 2. The second-order valence-corrected chi connectivity index (χ2v) is 2.83. The minimum absolute atomic E-state index is 0.0964. The molecule has 2 N–H and O–H groups in total. The summed E-state index contributed by atoms with van der Waals surface area (Å²) >= 11 is 0. The van der Waals surface area contributed by atoms with E-state index in [-0.39, 0.29) is 11.5 Å². The molecule has 3 heteroatoms. The Morgan fingerprint density at radius 2 is 1.58 bits per heavy atom. The van der Waals surface area contributed by atoms with Gasteiger partial charge in [0.05, 0.1) is 5.70 Å². The maximum Gasteiger partial charge on any atom is 0.181 e. The van der Waals surface area contributed by atoms with Crippen molar-refractivity contribution in [1.29, 1.82) is 0 Å². The van der Waals surface area contributed by atoms with Gasteiger partial charge in [-0.25, -0.2) is 8.78 Å². The van der Waals surface area contributed by atoms with Crippen LogP contribution in [0.1, 0.15) is 13.8 Å². The number of allylic oxidation sites excluding steroid dienone is 3. The molecule has 1 nitrogen and oxygen atoms in total. The van der Waals surface area contributed by atoms with Crippen molar-refractivity contribution < 1.29 is 8.78 Å². The van der Waals surface area contributed by atoms with Crippen LogP contribution in [0.2, 0.25) is 0 Å². The lowest BCUT2D eigenvalue weighted by molar-refractivity contribution is 0.535. The van der Waals surface area contributed by atoms with Crippen LogP contribution in [0.15, 0.2) is 36.1 Å². The standard InChI is InChI=1S/C9H13F2N/c1-5(2)6(3)8(10)9(11)7(4)12/h5H,3-4,12H2,1-2H3/b9-8-. The number of nitrogens with two attached hydrogens (primary N) is 1. The van der Waals surface area contributed by atoms with E-state index in [1.165, 1.54) is 0 Å². The zero-order valence-electron chi connectivity index (χ0n) is 7.32. The van der Waals surface area contributed by atoms with E-state index in [4.69, 9.17) is 5.73 Å². The van der Waals surface area contributed by atoms with Crippen molar-refractivity contribution in [3.63, 3.8) is 0 Å². The minimum Gasteiger partial charge on any atom is -0.397 e. The summed E-state index contributed by atoms with van der Waals surface area (Å²) in [5.41, 5.74) is 4.65. The fraction of sp³-hybridized carbons (Fsp3) is 0.333. The van der Waals surface area contributed by atoms with Crippen LogP contribution < -0.4 is 5.73 Å². The first kappa shape index (κ1) is 10.9. The molecule has 0 aliphatic carbocycles. The van der Waals surface area contributed by atoms with Crippen molar-refractivity contribution in [2.75, 3.05) is 0 Å². The molecular formula is C9H13F2N. The Kier molecular flexibility index (Phi) is 3.67. The molecule has 0 aromatic heterocycles. The molecule has 0 aromatic rings. The third-order valence-electron chi connectivity index (χ3n) is 1.45. The molecule has 12 heavy (non-hydrogen) atoms. The van der Waals surface area contributed by atoms with Crippen LogP contribution in [-0.2, 0) is 0 Å². The summed E-state index contributed by atoms with van der Waals surface area (Å²) in [6, 6.07) is 0. The quantitative estimate of drug-likeness (QED) is 0.652. The molecule has 0 aromatic carbocycles. The fourth-order valence-corrected chi connectivity index (χ4v) is 0.535. The van der Waals surface area contributed by atoms with E-state index in [0.29, 0.717) is 0 Å². The van der Waals surface area contributed by atoms with E-state index in [1.54, 1.807) is 13.8 Å². The molecule has 0 saturated heterocycles. The molecule has 0 unspecified atom stereocenters. The van der Waals surface area contributed by atoms with E-state index in [0.717, 1.165) is 0 Å². The number of hydrogen-bond acceptors (Lipinski definition) is 1. The smallest absolute Gasteiger partial charge is 0.181 e. The van der Waals surface area contributed by atoms with E-state index < -0.39 is 17.4 Å². The summed E-state index contributed by atoms with van der Waals surface area (Å²) in [7, 11) is 0. The van der Waals surface area contributed by atoms with Crippen LogP contribution in [0.5, 0.6) is 0 Å². The molecular weight excluding hydrogens is 160 g/mol. The third kappa shape index (κ3) is 2.49. The van der Waals surface area contributed by atoms with Crippen molar-refractivity contribution in [3.05, 3.63) is 36.1 Å². The second kappa shape index (κ2) is 4.04. The van der Waals surface area contributed by atoms with Crippen LogP contribution in [-0.4, -0.2) is 0 Å². The van der Waals surface area contributed by atoms with Gasteiger partial charge in [0.2, 0.25) is 0 Å². The molecule has 0 fully saturated rings. The van der Waals surface area contributed by atoms with Crippen molar-refractivity contribution in [2.24, 2.45) is 11.7 Å². The summed E-state index contributed by atoms with van der Waals surface area (Å²) in [5.74, 6) is -2.26. The van der Waals surface area contributed by atoms with Gasteiger partial charge in [0.25, 0.3) is 0 Å². The zero-order chi connectivity index (χ0) is 9.89. The van der Waals surface area contributed by atoms with Gasteiger partial charge in [-0.2, -0.15) is 0 Å². The van der Waals surface area contributed by atoms with Crippen molar-refractivity contribution in [3.8, 4) is 0 Å². The Balaban J connectivity index is 4.79. The van der Waals surface area contributed by atoms with Crippen LogP contribution in [0.25, 0.3) is 0 Å². The fourth-order valence-electron chi connectivity index (χ4n) is 0.535. The van der Waals surface area contributed by atoms with Gasteiger partial charge in [-0.1, -0.05) is 27.0 Å². The van der Waals surface area contributed by atoms with Gasteiger partial charge >= 0.3 is 0 Å². The number of rotatable bonds is 3. The largest absolute Gasteiger partial charge is 0.397 e. The first-order valence-electron chi connectivity index (χ1n) is 3.57. The average molecular weight is 173 g/mol.